The number of carbonyl (C=O) groups excluding carboxylic acids is 1. The van der Waals surface area contributed by atoms with Gasteiger partial charge in [0.2, 0.25) is 5.78 Å². The highest BCUT2D eigenvalue weighted by molar-refractivity contribution is 7.86. The van der Waals surface area contributed by atoms with Crippen LogP contribution < -0.4 is 0 Å². The van der Waals surface area contributed by atoms with E-state index in [4.69, 9.17) is 4.28 Å². The van der Waals surface area contributed by atoms with E-state index in [1.54, 1.807) is 48.5 Å². The first-order valence-electron chi connectivity index (χ1n) is 13.7. The van der Waals surface area contributed by atoms with Crippen LogP contribution >= 0.6 is 0 Å². The number of benzene rings is 2. The summed E-state index contributed by atoms with van der Waals surface area (Å²) in [6.07, 6.45) is 16.8. The molecule has 0 atom stereocenters. The molecule has 0 aliphatic carbocycles. The minimum atomic E-state index is -3.86. The van der Waals surface area contributed by atoms with Crippen LogP contribution in [-0.2, 0) is 14.4 Å². The molecule has 2 rings (SSSR count). The Labute approximate surface area is 218 Å². The minimum absolute atomic E-state index is 0.0219. The van der Waals surface area contributed by atoms with Gasteiger partial charge in [-0.15, -0.1) is 0 Å². The van der Waals surface area contributed by atoms with E-state index in [9.17, 15) is 13.2 Å². The van der Waals surface area contributed by atoms with Gasteiger partial charge in [0.1, 0.15) is 0 Å². The Hall–Kier alpha value is -2.47. The van der Waals surface area contributed by atoms with Crippen molar-refractivity contribution in [2.45, 2.75) is 96.8 Å². The first kappa shape index (κ1) is 29.8. The molecule has 0 N–H and O–H groups in total. The second-order valence-electron chi connectivity index (χ2n) is 9.43. The van der Waals surface area contributed by atoms with Gasteiger partial charge in [0.15, 0.2) is 5.71 Å². The van der Waals surface area contributed by atoms with E-state index in [0.717, 1.165) is 19.3 Å². The molecule has 2 aromatic carbocycles. The normalized spacial score (nSPS) is 12.0. The zero-order valence-electron chi connectivity index (χ0n) is 21.9. The van der Waals surface area contributed by atoms with E-state index in [-0.39, 0.29) is 17.2 Å². The van der Waals surface area contributed by atoms with E-state index in [0.29, 0.717) is 17.5 Å². The van der Waals surface area contributed by atoms with Crippen LogP contribution in [0.4, 0.5) is 0 Å². The molecular formula is C30H43NO4S. The maximum absolute atomic E-state index is 13.0. The van der Waals surface area contributed by atoms with Gasteiger partial charge in [-0.2, -0.15) is 8.42 Å². The SMILES string of the molecule is CCCCCCCCCCCCCCCCS(=O)(=O)ON=C(C(=O)c1ccccc1)c1ccccc1. The van der Waals surface area contributed by atoms with Crippen molar-refractivity contribution in [1.82, 2.24) is 0 Å². The molecule has 0 saturated carbocycles. The van der Waals surface area contributed by atoms with Crippen molar-refractivity contribution in [2.75, 3.05) is 5.75 Å². The van der Waals surface area contributed by atoms with Crippen LogP contribution in [0.5, 0.6) is 0 Å². The smallest absolute Gasteiger partial charge is 0.287 e. The molecule has 0 saturated heterocycles. The summed E-state index contributed by atoms with van der Waals surface area (Å²) in [4.78, 5) is 13.0. The fourth-order valence-corrected chi connectivity index (χ4v) is 4.97. The number of ketones is 1. The van der Waals surface area contributed by atoms with Crippen LogP contribution in [0.3, 0.4) is 0 Å². The quantitative estimate of drug-likeness (QED) is 0.0776. The van der Waals surface area contributed by atoms with Gasteiger partial charge < -0.3 is 0 Å². The Kier molecular flexibility index (Phi) is 14.8. The van der Waals surface area contributed by atoms with Crippen LogP contribution in [0.15, 0.2) is 65.8 Å². The lowest BCUT2D eigenvalue weighted by Gasteiger charge is -2.07. The van der Waals surface area contributed by atoms with Gasteiger partial charge in [0.05, 0.1) is 5.75 Å². The molecule has 0 aliphatic rings. The molecule has 0 radical (unpaired) electrons. The molecule has 0 fully saturated rings. The zero-order valence-corrected chi connectivity index (χ0v) is 22.7. The van der Waals surface area contributed by atoms with Gasteiger partial charge >= 0.3 is 10.1 Å². The molecule has 36 heavy (non-hydrogen) atoms. The number of Topliss-reactive ketones (excluding diaryl/α,β-unsaturated/α-hetero) is 1. The predicted molar refractivity (Wildman–Crippen MR) is 149 cm³/mol. The van der Waals surface area contributed by atoms with Gasteiger partial charge in [-0.3, -0.25) is 9.08 Å². The fraction of sp³-hybridized carbons (Fsp3) is 0.533. The average molecular weight is 514 g/mol. The highest BCUT2D eigenvalue weighted by Crippen LogP contribution is 2.14. The Balaban J connectivity index is 1.68. The Bertz CT molecular complexity index is 988. The summed E-state index contributed by atoms with van der Waals surface area (Å²) >= 11 is 0. The predicted octanol–water partition coefficient (Wildman–Crippen LogP) is 8.10. The second-order valence-corrected chi connectivity index (χ2v) is 11.1. The second kappa shape index (κ2) is 17.9. The van der Waals surface area contributed by atoms with Crippen molar-refractivity contribution >= 4 is 21.6 Å². The van der Waals surface area contributed by atoms with Gasteiger partial charge in [-0.25, -0.2) is 0 Å². The molecule has 0 aromatic heterocycles. The summed E-state index contributed by atoms with van der Waals surface area (Å²) in [6, 6.07) is 17.4. The Morgan fingerprint density at radius 3 is 1.53 bits per heavy atom. The molecule has 0 aliphatic heterocycles. The molecule has 0 bridgehead atoms. The van der Waals surface area contributed by atoms with E-state index in [1.807, 2.05) is 12.1 Å². The van der Waals surface area contributed by atoms with Crippen LogP contribution in [0, 0.1) is 0 Å². The van der Waals surface area contributed by atoms with Crippen molar-refractivity contribution in [2.24, 2.45) is 5.16 Å². The molecule has 0 heterocycles. The molecule has 6 heteroatoms. The summed E-state index contributed by atoms with van der Waals surface area (Å²) in [6.45, 7) is 2.25. The number of nitrogens with zero attached hydrogens (tertiary/aromatic N) is 1. The number of oxime groups is 1. The third-order valence-corrected chi connectivity index (χ3v) is 7.38. The van der Waals surface area contributed by atoms with Crippen molar-refractivity contribution < 1.29 is 17.5 Å². The number of rotatable bonds is 20. The minimum Gasteiger partial charge on any atom is -0.287 e. The molecule has 0 amide bonds. The molecule has 5 nitrogen and oxygen atoms in total. The highest BCUT2D eigenvalue weighted by Gasteiger charge is 2.19. The van der Waals surface area contributed by atoms with Crippen molar-refractivity contribution in [1.29, 1.82) is 0 Å². The highest BCUT2D eigenvalue weighted by atomic mass is 32.2. The van der Waals surface area contributed by atoms with Gasteiger partial charge in [0, 0.05) is 11.1 Å². The number of carbonyl (C=O) groups is 1. The maximum atomic E-state index is 13.0. The monoisotopic (exact) mass is 513 g/mol. The van der Waals surface area contributed by atoms with E-state index in [1.165, 1.54) is 64.2 Å². The standard InChI is InChI=1S/C30H43NO4S/c1-2-3-4-5-6-7-8-9-10-11-12-13-14-21-26-36(33,34)35-31-29(27-22-17-15-18-23-27)30(32)28-24-19-16-20-25-28/h15-20,22-25H,2-14,21,26H2,1H3. The zero-order chi connectivity index (χ0) is 25.9. The lowest BCUT2D eigenvalue weighted by Crippen LogP contribution is -2.18. The Morgan fingerprint density at radius 2 is 1.06 bits per heavy atom. The number of hydrogen-bond donors (Lipinski definition) is 0. The molecular weight excluding hydrogens is 470 g/mol. The number of unbranched alkanes of at least 4 members (excludes halogenated alkanes) is 13. The van der Waals surface area contributed by atoms with Crippen LogP contribution in [0.1, 0.15) is 113 Å². The average Bonchev–Trinajstić information content (AvgIpc) is 2.90. The topological polar surface area (TPSA) is 72.8 Å². The molecule has 198 valence electrons. The summed E-state index contributed by atoms with van der Waals surface area (Å²) in [5, 5.41) is 3.81. The summed E-state index contributed by atoms with van der Waals surface area (Å²) in [5.41, 5.74) is 0.914. The summed E-state index contributed by atoms with van der Waals surface area (Å²) < 4.78 is 29.7. The summed E-state index contributed by atoms with van der Waals surface area (Å²) in [5.74, 6) is -0.482. The maximum Gasteiger partial charge on any atom is 0.328 e. The van der Waals surface area contributed by atoms with Gasteiger partial charge in [-0.1, -0.05) is 156 Å². The first-order valence-corrected chi connectivity index (χ1v) is 15.3. The molecule has 0 spiro atoms. The Morgan fingerprint density at radius 1 is 0.639 bits per heavy atom. The lowest BCUT2D eigenvalue weighted by molar-refractivity contribution is 0.106. The third-order valence-electron chi connectivity index (χ3n) is 6.29. The summed E-state index contributed by atoms with van der Waals surface area (Å²) in [7, 11) is -3.86. The van der Waals surface area contributed by atoms with E-state index >= 15 is 0 Å². The van der Waals surface area contributed by atoms with Crippen LogP contribution in [0.25, 0.3) is 0 Å². The van der Waals surface area contributed by atoms with Gasteiger partial charge in [-0.05, 0) is 6.42 Å². The van der Waals surface area contributed by atoms with Crippen molar-refractivity contribution in [3.8, 4) is 0 Å². The molecule has 0 unspecified atom stereocenters. The van der Waals surface area contributed by atoms with Crippen molar-refractivity contribution in [3.05, 3.63) is 71.8 Å². The lowest BCUT2D eigenvalue weighted by atomic mass is 10.0. The number of hydrogen-bond acceptors (Lipinski definition) is 5. The van der Waals surface area contributed by atoms with Gasteiger partial charge in [0.25, 0.3) is 0 Å². The van der Waals surface area contributed by atoms with E-state index < -0.39 is 10.1 Å². The fourth-order valence-electron chi connectivity index (χ4n) is 4.15. The molecule has 2 aromatic rings. The largest absolute Gasteiger partial charge is 0.328 e. The van der Waals surface area contributed by atoms with E-state index in [2.05, 4.69) is 12.1 Å². The van der Waals surface area contributed by atoms with Crippen LogP contribution in [0.2, 0.25) is 0 Å². The first-order chi connectivity index (χ1) is 17.5. The van der Waals surface area contributed by atoms with Crippen molar-refractivity contribution in [3.63, 3.8) is 0 Å². The van der Waals surface area contributed by atoms with Crippen LogP contribution in [-0.4, -0.2) is 25.7 Å². The third kappa shape index (κ3) is 12.5.